The van der Waals surface area contributed by atoms with Crippen LogP contribution < -0.4 is 10.4 Å². The lowest BCUT2D eigenvalue weighted by atomic mass is 10.1. The van der Waals surface area contributed by atoms with E-state index < -0.39 is 17.4 Å². The Bertz CT molecular complexity index is 745. The van der Waals surface area contributed by atoms with Crippen LogP contribution in [0.4, 0.5) is 0 Å². The SMILES string of the molecule is CC(=O)Oc1cc2oc(=O)c(C(C)=O)cc2cc1Cl. The summed E-state index contributed by atoms with van der Waals surface area (Å²) in [6.45, 7) is 2.50. The molecule has 0 spiro atoms. The van der Waals surface area contributed by atoms with Crippen molar-refractivity contribution in [2.75, 3.05) is 0 Å². The van der Waals surface area contributed by atoms with Crippen molar-refractivity contribution in [3.8, 4) is 5.75 Å². The number of hydrogen-bond acceptors (Lipinski definition) is 5. The van der Waals surface area contributed by atoms with Gasteiger partial charge in [-0.25, -0.2) is 4.79 Å². The summed E-state index contributed by atoms with van der Waals surface area (Å²) < 4.78 is 9.88. The Balaban J connectivity index is 2.68. The number of ketones is 1. The fourth-order valence-electron chi connectivity index (χ4n) is 1.60. The van der Waals surface area contributed by atoms with Crippen molar-refractivity contribution in [3.05, 3.63) is 39.2 Å². The Morgan fingerprint density at radius 2 is 1.89 bits per heavy atom. The van der Waals surface area contributed by atoms with Gasteiger partial charge in [-0.05, 0) is 19.1 Å². The van der Waals surface area contributed by atoms with E-state index in [2.05, 4.69) is 0 Å². The smallest absolute Gasteiger partial charge is 0.347 e. The number of carbonyl (C=O) groups is 2. The fraction of sp³-hybridized carbons (Fsp3) is 0.154. The second-order valence-electron chi connectivity index (χ2n) is 3.92. The van der Waals surface area contributed by atoms with Gasteiger partial charge in [0.05, 0.1) is 5.02 Å². The third-order valence-electron chi connectivity index (χ3n) is 2.42. The molecule has 1 heterocycles. The maximum Gasteiger partial charge on any atom is 0.347 e. The Hall–Kier alpha value is -2.14. The monoisotopic (exact) mass is 280 g/mol. The molecule has 0 saturated carbocycles. The van der Waals surface area contributed by atoms with Gasteiger partial charge in [0.25, 0.3) is 0 Å². The van der Waals surface area contributed by atoms with Crippen LogP contribution in [-0.4, -0.2) is 11.8 Å². The minimum atomic E-state index is -0.740. The molecule has 19 heavy (non-hydrogen) atoms. The van der Waals surface area contributed by atoms with Gasteiger partial charge in [0.1, 0.15) is 11.1 Å². The molecule has 0 aliphatic rings. The molecule has 0 unspecified atom stereocenters. The Labute approximate surface area is 112 Å². The van der Waals surface area contributed by atoms with Crippen molar-refractivity contribution >= 4 is 34.3 Å². The number of ether oxygens (including phenoxy) is 1. The van der Waals surface area contributed by atoms with Gasteiger partial charge < -0.3 is 9.15 Å². The Morgan fingerprint density at radius 3 is 2.47 bits per heavy atom. The molecule has 0 aliphatic heterocycles. The first-order valence-electron chi connectivity index (χ1n) is 5.35. The van der Waals surface area contributed by atoms with E-state index in [9.17, 15) is 14.4 Å². The van der Waals surface area contributed by atoms with Crippen LogP contribution >= 0.6 is 11.6 Å². The standard InChI is InChI=1S/C13H9ClO5/c1-6(15)9-3-8-4-10(14)12(18-7(2)16)5-11(8)19-13(9)17/h3-5H,1-2H3. The van der Waals surface area contributed by atoms with E-state index in [-0.39, 0.29) is 21.9 Å². The van der Waals surface area contributed by atoms with Gasteiger partial charge >= 0.3 is 11.6 Å². The van der Waals surface area contributed by atoms with Crippen LogP contribution in [0.25, 0.3) is 11.0 Å². The molecule has 2 aromatic rings. The van der Waals surface area contributed by atoms with Crippen LogP contribution in [0.15, 0.2) is 27.4 Å². The minimum Gasteiger partial charge on any atom is -0.425 e. The average molecular weight is 281 g/mol. The highest BCUT2D eigenvalue weighted by Gasteiger charge is 2.13. The molecular weight excluding hydrogens is 272 g/mol. The molecular formula is C13H9ClO5. The molecule has 5 nitrogen and oxygen atoms in total. The summed E-state index contributed by atoms with van der Waals surface area (Å²) in [6, 6.07) is 4.20. The lowest BCUT2D eigenvalue weighted by Gasteiger charge is -2.05. The second-order valence-corrected chi connectivity index (χ2v) is 4.33. The molecule has 98 valence electrons. The lowest BCUT2D eigenvalue weighted by Crippen LogP contribution is -2.11. The fourth-order valence-corrected chi connectivity index (χ4v) is 1.81. The van der Waals surface area contributed by atoms with Gasteiger partial charge in [-0.15, -0.1) is 0 Å². The first kappa shape index (κ1) is 13.3. The van der Waals surface area contributed by atoms with Crippen molar-refractivity contribution in [3.63, 3.8) is 0 Å². The quantitative estimate of drug-likeness (QED) is 0.366. The molecule has 0 atom stereocenters. The highest BCUT2D eigenvalue weighted by Crippen LogP contribution is 2.30. The normalized spacial score (nSPS) is 10.5. The van der Waals surface area contributed by atoms with Crippen LogP contribution in [-0.2, 0) is 4.79 Å². The van der Waals surface area contributed by atoms with E-state index in [0.717, 1.165) is 0 Å². The molecule has 0 aliphatic carbocycles. The predicted octanol–water partition coefficient (Wildman–Crippen LogP) is 2.57. The molecule has 0 bridgehead atoms. The van der Waals surface area contributed by atoms with E-state index >= 15 is 0 Å². The summed E-state index contributed by atoms with van der Waals surface area (Å²) in [7, 11) is 0. The van der Waals surface area contributed by atoms with Crippen molar-refractivity contribution in [1.82, 2.24) is 0 Å². The molecule has 0 saturated heterocycles. The Kier molecular flexibility index (Phi) is 3.40. The summed E-state index contributed by atoms with van der Waals surface area (Å²) >= 11 is 5.94. The highest BCUT2D eigenvalue weighted by molar-refractivity contribution is 6.33. The van der Waals surface area contributed by atoms with Gasteiger partial charge in [0, 0.05) is 18.4 Å². The van der Waals surface area contributed by atoms with Crippen molar-refractivity contribution in [2.45, 2.75) is 13.8 Å². The lowest BCUT2D eigenvalue weighted by molar-refractivity contribution is -0.131. The van der Waals surface area contributed by atoms with Crippen LogP contribution in [0.5, 0.6) is 5.75 Å². The van der Waals surface area contributed by atoms with Crippen LogP contribution in [0.3, 0.4) is 0 Å². The number of esters is 1. The predicted molar refractivity (Wildman–Crippen MR) is 68.8 cm³/mol. The molecule has 0 fully saturated rings. The number of rotatable bonds is 2. The highest BCUT2D eigenvalue weighted by atomic mass is 35.5. The molecule has 0 amide bonds. The van der Waals surface area contributed by atoms with Gasteiger partial charge in [0.2, 0.25) is 0 Å². The molecule has 1 aromatic carbocycles. The molecule has 0 N–H and O–H groups in total. The van der Waals surface area contributed by atoms with Crippen LogP contribution in [0, 0.1) is 0 Å². The first-order chi connectivity index (χ1) is 8.88. The molecule has 2 rings (SSSR count). The van der Waals surface area contributed by atoms with E-state index in [1.165, 1.54) is 32.0 Å². The summed E-state index contributed by atoms with van der Waals surface area (Å²) in [4.78, 5) is 33.7. The Morgan fingerprint density at radius 1 is 1.21 bits per heavy atom. The van der Waals surface area contributed by atoms with Gasteiger partial charge in [-0.1, -0.05) is 11.6 Å². The zero-order valence-electron chi connectivity index (χ0n) is 10.2. The first-order valence-corrected chi connectivity index (χ1v) is 5.73. The number of halogens is 1. The van der Waals surface area contributed by atoms with Crippen molar-refractivity contribution in [1.29, 1.82) is 0 Å². The summed E-state index contributed by atoms with van der Waals surface area (Å²) in [6.07, 6.45) is 0. The molecule has 1 aromatic heterocycles. The van der Waals surface area contributed by atoms with Gasteiger partial charge in [-0.3, -0.25) is 9.59 Å². The zero-order chi connectivity index (χ0) is 14.2. The number of carbonyl (C=O) groups excluding carboxylic acids is 2. The topological polar surface area (TPSA) is 73.6 Å². The third-order valence-corrected chi connectivity index (χ3v) is 2.72. The zero-order valence-corrected chi connectivity index (χ0v) is 10.9. The molecule has 6 heteroatoms. The minimum absolute atomic E-state index is 0.0520. The van der Waals surface area contributed by atoms with Crippen molar-refractivity contribution in [2.24, 2.45) is 0 Å². The van der Waals surface area contributed by atoms with Crippen LogP contribution in [0.2, 0.25) is 5.02 Å². The number of Topliss-reactive ketones (excluding diaryl/α,β-unsaturated/α-hetero) is 1. The number of benzene rings is 1. The second kappa shape index (κ2) is 4.85. The average Bonchev–Trinajstić information content (AvgIpc) is 2.29. The van der Waals surface area contributed by atoms with Gasteiger partial charge in [0.15, 0.2) is 11.5 Å². The van der Waals surface area contributed by atoms with Crippen LogP contribution in [0.1, 0.15) is 24.2 Å². The van der Waals surface area contributed by atoms with E-state index in [4.69, 9.17) is 20.8 Å². The summed E-state index contributed by atoms with van der Waals surface area (Å²) in [5, 5.41) is 0.664. The number of hydrogen-bond donors (Lipinski definition) is 0. The summed E-state index contributed by atoms with van der Waals surface area (Å²) in [5.41, 5.74) is -0.601. The maximum atomic E-state index is 11.6. The van der Waals surface area contributed by atoms with E-state index in [0.29, 0.717) is 5.39 Å². The van der Waals surface area contributed by atoms with E-state index in [1.807, 2.05) is 0 Å². The number of fused-ring (bicyclic) bond motifs is 1. The van der Waals surface area contributed by atoms with Gasteiger partial charge in [-0.2, -0.15) is 0 Å². The maximum absolute atomic E-state index is 11.6. The molecule has 0 radical (unpaired) electrons. The van der Waals surface area contributed by atoms with E-state index in [1.54, 1.807) is 0 Å². The largest absolute Gasteiger partial charge is 0.425 e. The summed E-state index contributed by atoms with van der Waals surface area (Å²) in [5.74, 6) is -0.833. The van der Waals surface area contributed by atoms with Crippen molar-refractivity contribution < 1.29 is 18.7 Å². The third kappa shape index (κ3) is 2.66.